The van der Waals surface area contributed by atoms with Crippen molar-refractivity contribution in [1.29, 1.82) is 0 Å². The third-order valence-electron chi connectivity index (χ3n) is 4.55. The smallest absolute Gasteiger partial charge is 0.267 e. The van der Waals surface area contributed by atoms with E-state index in [2.05, 4.69) is 0 Å². The van der Waals surface area contributed by atoms with Crippen molar-refractivity contribution in [3.63, 3.8) is 0 Å². The number of nitrogens with zero attached hydrogens (tertiary/aromatic N) is 2. The Balaban J connectivity index is 1.75. The zero-order valence-electron chi connectivity index (χ0n) is 15.4. The van der Waals surface area contributed by atoms with Crippen LogP contribution in [-0.2, 0) is 9.59 Å². The van der Waals surface area contributed by atoms with Crippen LogP contribution in [0.15, 0.2) is 48.5 Å². The summed E-state index contributed by atoms with van der Waals surface area (Å²) >= 11 is 0. The number of ether oxygens (including phenoxy) is 1. The SMILES string of the molecule is CCN(C(=O)CCN1C(=O)C(C)Oc2ccccc21)c1cccc(C)c1. The predicted octanol–water partition coefficient (Wildman–Crippen LogP) is 3.55. The van der Waals surface area contributed by atoms with E-state index in [1.165, 1.54) is 0 Å². The van der Waals surface area contributed by atoms with Gasteiger partial charge in [0.15, 0.2) is 6.10 Å². The molecule has 136 valence electrons. The molecule has 2 amide bonds. The second-order valence-corrected chi connectivity index (χ2v) is 6.44. The number of amides is 2. The highest BCUT2D eigenvalue weighted by atomic mass is 16.5. The molecule has 5 nitrogen and oxygen atoms in total. The Morgan fingerprint density at radius 2 is 1.96 bits per heavy atom. The Morgan fingerprint density at radius 3 is 2.69 bits per heavy atom. The summed E-state index contributed by atoms with van der Waals surface area (Å²) in [5.41, 5.74) is 2.72. The van der Waals surface area contributed by atoms with Gasteiger partial charge >= 0.3 is 0 Å². The first-order valence-corrected chi connectivity index (χ1v) is 8.95. The van der Waals surface area contributed by atoms with Gasteiger partial charge in [0, 0.05) is 25.2 Å². The number of hydrogen-bond acceptors (Lipinski definition) is 3. The van der Waals surface area contributed by atoms with Crippen LogP contribution >= 0.6 is 0 Å². The highest BCUT2D eigenvalue weighted by Crippen LogP contribution is 2.33. The molecule has 1 aliphatic heterocycles. The van der Waals surface area contributed by atoms with Gasteiger partial charge in [-0.3, -0.25) is 9.59 Å². The minimum Gasteiger partial charge on any atom is -0.479 e. The van der Waals surface area contributed by atoms with Crippen molar-refractivity contribution in [2.45, 2.75) is 33.3 Å². The molecule has 2 aromatic rings. The molecule has 5 heteroatoms. The van der Waals surface area contributed by atoms with Gasteiger partial charge in [0.2, 0.25) is 5.91 Å². The zero-order valence-corrected chi connectivity index (χ0v) is 15.4. The molecule has 0 bridgehead atoms. The van der Waals surface area contributed by atoms with Crippen LogP contribution in [-0.4, -0.2) is 31.0 Å². The Bertz CT molecular complexity index is 818. The maximum atomic E-state index is 12.8. The summed E-state index contributed by atoms with van der Waals surface area (Å²) < 4.78 is 5.65. The normalized spacial score (nSPS) is 16.0. The molecule has 0 saturated heterocycles. The lowest BCUT2D eigenvalue weighted by molar-refractivity contribution is -0.125. The molecule has 0 N–H and O–H groups in total. The molecule has 26 heavy (non-hydrogen) atoms. The predicted molar refractivity (Wildman–Crippen MR) is 103 cm³/mol. The van der Waals surface area contributed by atoms with E-state index in [1.807, 2.05) is 62.4 Å². The molecular formula is C21H24N2O3. The Kier molecular flexibility index (Phi) is 5.26. The fourth-order valence-electron chi connectivity index (χ4n) is 3.23. The van der Waals surface area contributed by atoms with Gasteiger partial charge in [-0.05, 0) is 50.6 Å². The average Bonchev–Trinajstić information content (AvgIpc) is 2.63. The van der Waals surface area contributed by atoms with Crippen molar-refractivity contribution in [2.24, 2.45) is 0 Å². The topological polar surface area (TPSA) is 49.9 Å². The standard InChI is InChI=1S/C21H24N2O3/c1-4-22(17-9-7-8-15(2)14-17)20(24)12-13-23-18-10-5-6-11-19(18)26-16(3)21(23)25/h5-11,14,16H,4,12-13H2,1-3H3. The van der Waals surface area contributed by atoms with E-state index < -0.39 is 6.10 Å². The maximum Gasteiger partial charge on any atom is 0.267 e. The second-order valence-electron chi connectivity index (χ2n) is 6.44. The fourth-order valence-corrected chi connectivity index (χ4v) is 3.23. The molecular weight excluding hydrogens is 328 g/mol. The van der Waals surface area contributed by atoms with Crippen LogP contribution in [0.25, 0.3) is 0 Å². The zero-order chi connectivity index (χ0) is 18.7. The van der Waals surface area contributed by atoms with Crippen molar-refractivity contribution < 1.29 is 14.3 Å². The molecule has 1 atom stereocenters. The summed E-state index contributed by atoms with van der Waals surface area (Å²) in [5.74, 6) is 0.565. The number of aryl methyl sites for hydroxylation is 1. The number of hydrogen-bond donors (Lipinski definition) is 0. The average molecular weight is 352 g/mol. The Hall–Kier alpha value is -2.82. The van der Waals surface area contributed by atoms with Crippen molar-refractivity contribution >= 4 is 23.2 Å². The number of fused-ring (bicyclic) bond motifs is 1. The summed E-state index contributed by atoms with van der Waals surface area (Å²) in [7, 11) is 0. The van der Waals surface area contributed by atoms with Gasteiger partial charge in [-0.15, -0.1) is 0 Å². The largest absolute Gasteiger partial charge is 0.479 e. The molecule has 1 heterocycles. The number of benzene rings is 2. The fraction of sp³-hybridized carbons (Fsp3) is 0.333. The van der Waals surface area contributed by atoms with Crippen LogP contribution in [0, 0.1) is 6.92 Å². The minimum absolute atomic E-state index is 0.00234. The lowest BCUT2D eigenvalue weighted by Gasteiger charge is -2.33. The first-order chi connectivity index (χ1) is 12.5. The number of carbonyl (C=O) groups is 2. The molecule has 2 aromatic carbocycles. The van der Waals surface area contributed by atoms with Crippen molar-refractivity contribution in [1.82, 2.24) is 0 Å². The molecule has 3 rings (SSSR count). The third-order valence-corrected chi connectivity index (χ3v) is 4.55. The van der Waals surface area contributed by atoms with E-state index in [1.54, 1.807) is 16.7 Å². The highest BCUT2D eigenvalue weighted by Gasteiger charge is 2.31. The molecule has 0 fully saturated rings. The van der Waals surface area contributed by atoms with Gasteiger partial charge in [0.1, 0.15) is 5.75 Å². The van der Waals surface area contributed by atoms with E-state index in [-0.39, 0.29) is 18.2 Å². The Morgan fingerprint density at radius 1 is 1.19 bits per heavy atom. The van der Waals surface area contributed by atoms with Gasteiger partial charge in [-0.1, -0.05) is 24.3 Å². The quantitative estimate of drug-likeness (QED) is 0.827. The van der Waals surface area contributed by atoms with E-state index in [9.17, 15) is 9.59 Å². The van der Waals surface area contributed by atoms with Crippen molar-refractivity contribution in [3.05, 3.63) is 54.1 Å². The summed E-state index contributed by atoms with van der Waals surface area (Å²) in [5, 5.41) is 0. The molecule has 0 spiro atoms. The summed E-state index contributed by atoms with van der Waals surface area (Å²) in [6.45, 7) is 6.62. The van der Waals surface area contributed by atoms with E-state index in [4.69, 9.17) is 4.74 Å². The van der Waals surface area contributed by atoms with Crippen LogP contribution in [0.3, 0.4) is 0 Å². The van der Waals surface area contributed by atoms with Crippen molar-refractivity contribution in [3.8, 4) is 5.75 Å². The lowest BCUT2D eigenvalue weighted by atomic mass is 10.1. The van der Waals surface area contributed by atoms with Crippen LogP contribution in [0.5, 0.6) is 5.75 Å². The van der Waals surface area contributed by atoms with E-state index in [0.717, 1.165) is 16.9 Å². The second kappa shape index (κ2) is 7.60. The molecule has 0 saturated carbocycles. The van der Waals surface area contributed by atoms with Gasteiger partial charge in [0.25, 0.3) is 5.91 Å². The van der Waals surface area contributed by atoms with Gasteiger partial charge in [-0.2, -0.15) is 0 Å². The van der Waals surface area contributed by atoms with Crippen LogP contribution in [0.4, 0.5) is 11.4 Å². The minimum atomic E-state index is -0.543. The van der Waals surface area contributed by atoms with E-state index in [0.29, 0.717) is 18.8 Å². The molecule has 1 unspecified atom stereocenters. The highest BCUT2D eigenvalue weighted by molar-refractivity contribution is 6.01. The summed E-state index contributed by atoms with van der Waals surface area (Å²) in [6.07, 6.45) is -0.284. The molecule has 1 aliphatic rings. The monoisotopic (exact) mass is 352 g/mol. The maximum absolute atomic E-state index is 12.8. The number of carbonyl (C=O) groups excluding carboxylic acids is 2. The number of rotatable bonds is 5. The van der Waals surface area contributed by atoms with Crippen molar-refractivity contribution in [2.75, 3.05) is 22.9 Å². The van der Waals surface area contributed by atoms with Gasteiger partial charge < -0.3 is 14.5 Å². The number of anilines is 2. The summed E-state index contributed by atoms with van der Waals surface area (Å²) in [6, 6.07) is 15.3. The third kappa shape index (κ3) is 3.57. The number of para-hydroxylation sites is 2. The Labute approximate surface area is 154 Å². The first kappa shape index (κ1) is 18.0. The summed E-state index contributed by atoms with van der Waals surface area (Å²) in [4.78, 5) is 28.7. The van der Waals surface area contributed by atoms with Gasteiger partial charge in [-0.25, -0.2) is 0 Å². The van der Waals surface area contributed by atoms with E-state index >= 15 is 0 Å². The first-order valence-electron chi connectivity index (χ1n) is 8.95. The van der Waals surface area contributed by atoms with Crippen LogP contribution < -0.4 is 14.5 Å². The molecule has 0 aliphatic carbocycles. The molecule has 0 radical (unpaired) electrons. The van der Waals surface area contributed by atoms with Crippen LogP contribution in [0.1, 0.15) is 25.8 Å². The molecule has 0 aromatic heterocycles. The lowest BCUT2D eigenvalue weighted by Crippen LogP contribution is -2.46. The van der Waals surface area contributed by atoms with Crippen LogP contribution in [0.2, 0.25) is 0 Å². The van der Waals surface area contributed by atoms with Gasteiger partial charge in [0.05, 0.1) is 5.69 Å².